The second-order valence-corrected chi connectivity index (χ2v) is 9.46. The Labute approximate surface area is 212 Å². The lowest BCUT2D eigenvalue weighted by atomic mass is 9.57. The summed E-state index contributed by atoms with van der Waals surface area (Å²) in [5.74, 6) is 1.20. The molecule has 166 valence electrons. The van der Waals surface area contributed by atoms with Crippen LogP contribution in [0.4, 0.5) is 5.82 Å². The van der Waals surface area contributed by atoms with Gasteiger partial charge in [0, 0.05) is 18.0 Å². The van der Waals surface area contributed by atoms with Gasteiger partial charge in [-0.25, -0.2) is 4.98 Å². The molecule has 0 fully saturated rings. The topological polar surface area (TPSA) is 72.7 Å². The highest BCUT2D eigenvalue weighted by Gasteiger charge is 2.17. The summed E-state index contributed by atoms with van der Waals surface area (Å²) in [6, 6.07) is 7.87. The average molecular weight is 452 g/mol. The number of fused-ring (bicyclic) bond motifs is 1. The number of hydrogen-bond donors (Lipinski definition) is 1. The van der Waals surface area contributed by atoms with Gasteiger partial charge in [-0.15, -0.1) is 26.6 Å². The van der Waals surface area contributed by atoms with E-state index in [0.717, 1.165) is 39.0 Å². The van der Waals surface area contributed by atoms with E-state index >= 15 is 0 Å². The van der Waals surface area contributed by atoms with Gasteiger partial charge >= 0.3 is 0 Å². The first kappa shape index (κ1) is 24.8. The van der Waals surface area contributed by atoms with Gasteiger partial charge < -0.3 is 9.88 Å². The Morgan fingerprint density at radius 1 is 0.914 bits per heavy atom. The van der Waals surface area contributed by atoms with Crippen molar-refractivity contribution in [2.75, 3.05) is 5.32 Å². The Balaban J connectivity index is 1.68. The smallest absolute Gasteiger partial charge is 0.242 e. The zero-order chi connectivity index (χ0) is 25.6. The molecule has 1 amide bonds. The van der Waals surface area contributed by atoms with E-state index in [0.29, 0.717) is 11.3 Å². The zero-order valence-corrected chi connectivity index (χ0v) is 22.1. The molecule has 0 saturated heterocycles. The molecule has 0 spiro atoms. The van der Waals surface area contributed by atoms with Crippen molar-refractivity contribution in [1.29, 1.82) is 0 Å². The van der Waals surface area contributed by atoms with E-state index in [2.05, 4.69) is 65.8 Å². The molecule has 0 aliphatic heterocycles. The van der Waals surface area contributed by atoms with Crippen LogP contribution >= 0.6 is 0 Å². The van der Waals surface area contributed by atoms with E-state index in [9.17, 15) is 4.79 Å². The number of amides is 1. The highest BCUT2D eigenvalue weighted by Crippen LogP contribution is 2.25. The van der Waals surface area contributed by atoms with Crippen LogP contribution in [0, 0.1) is 6.92 Å². The third-order valence-electron chi connectivity index (χ3n) is 7.62. The van der Waals surface area contributed by atoms with Crippen LogP contribution in [0.3, 0.4) is 0 Å². The van der Waals surface area contributed by atoms with Crippen molar-refractivity contribution in [2.24, 2.45) is 7.05 Å². The predicted octanol–water partition coefficient (Wildman–Crippen LogP) is -6.80. The van der Waals surface area contributed by atoms with E-state index in [4.69, 9.17) is 0 Å². The number of carbonyl (C=O) groups excluding carboxylic acids is 1. The predicted molar refractivity (Wildman–Crippen MR) is 166 cm³/mol. The fourth-order valence-corrected chi connectivity index (χ4v) is 4.67. The van der Waals surface area contributed by atoms with Crippen molar-refractivity contribution in [1.82, 2.24) is 19.7 Å². The molecule has 0 radical (unpaired) electrons. The summed E-state index contributed by atoms with van der Waals surface area (Å²) in [6.07, 6.45) is 1.86. The van der Waals surface area contributed by atoms with Crippen LogP contribution in [0.25, 0.3) is 27.6 Å². The van der Waals surface area contributed by atoms with Gasteiger partial charge in [0.05, 0.1) is 17.4 Å². The summed E-state index contributed by atoms with van der Waals surface area (Å²) in [6.45, 7) is 1.98. The third kappa shape index (κ3) is 4.40. The molecule has 0 saturated carbocycles. The molecule has 0 aliphatic rings. The van der Waals surface area contributed by atoms with Crippen LogP contribution in [0.5, 0.6) is 0 Å². The number of nitrogens with one attached hydrogen (secondary N) is 1. The average Bonchev–Trinajstić information content (AvgIpc) is 3.18. The van der Waals surface area contributed by atoms with E-state index in [1.54, 1.807) is 0 Å². The first-order valence-corrected chi connectivity index (χ1v) is 11.8. The second kappa shape index (κ2) is 9.36. The van der Waals surface area contributed by atoms with Crippen molar-refractivity contribution in [3.05, 3.63) is 47.3 Å². The van der Waals surface area contributed by atoms with Gasteiger partial charge in [-0.05, 0) is 36.2 Å². The fourth-order valence-electron chi connectivity index (χ4n) is 4.67. The first-order valence-electron chi connectivity index (χ1n) is 11.8. The van der Waals surface area contributed by atoms with Gasteiger partial charge in [-0.2, -0.15) is 0 Å². The maximum absolute atomic E-state index is 13.2. The Kier molecular flexibility index (Phi) is 6.63. The van der Waals surface area contributed by atoms with Crippen LogP contribution in [-0.4, -0.2) is 80.6 Å². The number of aromatic nitrogens is 4. The lowest BCUT2D eigenvalue weighted by Gasteiger charge is -2.22. The highest BCUT2D eigenvalue weighted by molar-refractivity contribution is 6.70. The molecule has 4 rings (SSSR count). The van der Waals surface area contributed by atoms with Gasteiger partial charge in [0.2, 0.25) is 5.91 Å². The Bertz CT molecular complexity index is 1520. The molecule has 4 aromatic rings. The number of carbonyl (C=O) groups is 1. The molecule has 1 N–H and O–H groups in total. The van der Waals surface area contributed by atoms with Gasteiger partial charge in [0.1, 0.15) is 60.7 Å². The molecule has 13 heteroatoms. The Hall–Kier alpha value is -3.35. The number of hydrogen-bond acceptors (Lipinski definition) is 4. The van der Waals surface area contributed by atoms with Gasteiger partial charge in [-0.3, -0.25) is 4.79 Å². The van der Waals surface area contributed by atoms with E-state index in [-0.39, 0.29) is 5.91 Å². The molecule has 6 nitrogen and oxygen atoms in total. The quantitative estimate of drug-likeness (QED) is 0.247. The summed E-state index contributed by atoms with van der Waals surface area (Å²) < 4.78 is 2.05. The second-order valence-electron chi connectivity index (χ2n) is 9.46. The van der Waals surface area contributed by atoms with E-state index in [1.807, 2.05) is 58.6 Å². The molecule has 0 atom stereocenters. The van der Waals surface area contributed by atoms with Gasteiger partial charge in [0.25, 0.3) is 0 Å². The lowest BCUT2D eigenvalue weighted by Crippen LogP contribution is -2.56. The summed E-state index contributed by atoms with van der Waals surface area (Å²) in [5.41, 5.74) is 11.9. The number of rotatable bonds is 4. The van der Waals surface area contributed by atoms with Crippen LogP contribution in [0.2, 0.25) is 0 Å². The molecule has 0 aliphatic carbocycles. The van der Waals surface area contributed by atoms with Gasteiger partial charge in [0.15, 0.2) is 5.82 Å². The Morgan fingerprint density at radius 2 is 1.54 bits per heavy atom. The molecular weight excluding hydrogens is 426 g/mol. The van der Waals surface area contributed by atoms with Crippen LogP contribution in [0.15, 0.2) is 35.9 Å². The number of aryl methyl sites for hydroxylation is 1. The summed E-state index contributed by atoms with van der Waals surface area (Å²) >= 11 is 0. The number of anilines is 1. The molecule has 2 aromatic carbocycles. The van der Waals surface area contributed by atoms with Gasteiger partial charge in [-0.1, -0.05) is 22.5 Å². The van der Waals surface area contributed by atoms with Crippen LogP contribution in [-0.2, 0) is 11.8 Å². The number of benzene rings is 2. The molecule has 35 heavy (non-hydrogen) atoms. The van der Waals surface area contributed by atoms with Crippen LogP contribution in [0.1, 0.15) is 11.4 Å². The third-order valence-corrected chi connectivity index (χ3v) is 7.62. The molecular formula is C22H26B7N5O. The van der Waals surface area contributed by atoms with E-state index in [1.165, 1.54) is 27.3 Å². The number of imidazole rings is 1. The fraction of sp³-hybridized carbons (Fsp3) is 0.0909. The van der Waals surface area contributed by atoms with Crippen molar-refractivity contribution >= 4 is 110 Å². The minimum Gasteiger partial charge on any atom is -0.331 e. The number of nitrogens with zero attached hydrogens (tertiary/aromatic N) is 4. The summed E-state index contributed by atoms with van der Waals surface area (Å²) in [7, 11) is 16.6. The molecule has 0 bridgehead atoms. The van der Waals surface area contributed by atoms with Crippen molar-refractivity contribution in [3.8, 4) is 11.3 Å². The SMILES string of the molecule is B/C(C(=O)Nc1cc2cc(-c3cnc(C)n3C)ccc2nn1)=C(/B)c1c(B)c(B)c(B)c(B)c1B. The monoisotopic (exact) mass is 453 g/mol. The molecule has 2 heterocycles. The minimum atomic E-state index is -0.177. The largest absolute Gasteiger partial charge is 0.331 e. The zero-order valence-electron chi connectivity index (χ0n) is 22.1. The Morgan fingerprint density at radius 3 is 2.14 bits per heavy atom. The van der Waals surface area contributed by atoms with Crippen molar-refractivity contribution in [3.63, 3.8) is 0 Å². The van der Waals surface area contributed by atoms with Crippen molar-refractivity contribution < 1.29 is 4.79 Å². The standard InChI is InChI=1S/C22H26B7N5O/c1-8-30-7-12(34(8)2)9-3-4-11-10(5-9)6-13(33-32-11)31-22(35)21(29)17(25)14-15(23)18(26)20(28)19(27)16(14)24/h3-7H,23-29H2,1-2H3,(H,31,33,35)/b21-17+. The van der Waals surface area contributed by atoms with Crippen molar-refractivity contribution in [2.45, 2.75) is 6.92 Å². The lowest BCUT2D eigenvalue weighted by molar-refractivity contribution is -0.112. The normalized spacial score (nSPS) is 11.9. The molecule has 2 aromatic heterocycles. The summed E-state index contributed by atoms with van der Waals surface area (Å²) in [5, 5.41) is 12.4. The highest BCUT2D eigenvalue weighted by atomic mass is 16.1. The maximum atomic E-state index is 13.2. The minimum absolute atomic E-state index is 0.177. The first-order chi connectivity index (χ1) is 16.5. The maximum Gasteiger partial charge on any atom is 0.242 e. The van der Waals surface area contributed by atoms with Crippen LogP contribution < -0.4 is 32.6 Å². The molecule has 0 unspecified atom stereocenters. The van der Waals surface area contributed by atoms with E-state index < -0.39 is 0 Å². The summed E-state index contributed by atoms with van der Waals surface area (Å²) in [4.78, 5) is 17.6.